The van der Waals surface area contributed by atoms with Crippen LogP contribution in [0.2, 0.25) is 0 Å². The Morgan fingerprint density at radius 2 is 2.00 bits per heavy atom. The molecule has 0 spiro atoms. The topological polar surface area (TPSA) is 78.9 Å². The first-order valence-corrected chi connectivity index (χ1v) is 7.08. The van der Waals surface area contributed by atoms with Gasteiger partial charge in [-0.2, -0.15) is 0 Å². The maximum absolute atomic E-state index is 12.1. The first-order valence-electron chi connectivity index (χ1n) is 7.08. The SMILES string of the molecule is COC1CC(NC(=O)N2CC(C(C)C(=O)O)C2)C1(C)C. The van der Waals surface area contributed by atoms with Crippen LogP contribution < -0.4 is 5.32 Å². The third kappa shape index (κ3) is 2.49. The lowest BCUT2D eigenvalue weighted by Crippen LogP contribution is -2.65. The van der Waals surface area contributed by atoms with Gasteiger partial charge in [-0.1, -0.05) is 20.8 Å². The Bertz CT molecular complexity index is 404. The molecule has 0 bridgehead atoms. The zero-order valence-electron chi connectivity index (χ0n) is 12.5. The van der Waals surface area contributed by atoms with Gasteiger partial charge in [0.05, 0.1) is 12.0 Å². The summed E-state index contributed by atoms with van der Waals surface area (Å²) in [4.78, 5) is 24.6. The number of carboxylic acid groups (broad SMARTS) is 1. The largest absolute Gasteiger partial charge is 0.481 e. The molecule has 2 N–H and O–H groups in total. The number of aliphatic carboxylic acids is 1. The highest BCUT2D eigenvalue weighted by Crippen LogP contribution is 2.42. The molecule has 3 atom stereocenters. The van der Waals surface area contributed by atoms with Crippen molar-refractivity contribution in [3.63, 3.8) is 0 Å². The van der Waals surface area contributed by atoms with Crippen LogP contribution in [-0.2, 0) is 9.53 Å². The average molecular weight is 284 g/mol. The van der Waals surface area contributed by atoms with Crippen LogP contribution in [-0.4, -0.2) is 54.4 Å². The average Bonchev–Trinajstić information content (AvgIpc) is 2.31. The third-order valence-electron chi connectivity index (χ3n) is 5.05. The summed E-state index contributed by atoms with van der Waals surface area (Å²) in [6.45, 7) is 6.92. The van der Waals surface area contributed by atoms with Crippen molar-refractivity contribution in [3.05, 3.63) is 0 Å². The minimum absolute atomic E-state index is 0.0525. The number of carbonyl (C=O) groups excluding carboxylic acids is 1. The number of urea groups is 1. The van der Waals surface area contributed by atoms with Gasteiger partial charge in [-0.3, -0.25) is 4.79 Å². The van der Waals surface area contributed by atoms with Crippen molar-refractivity contribution in [3.8, 4) is 0 Å². The molecule has 2 amide bonds. The smallest absolute Gasteiger partial charge is 0.317 e. The molecule has 20 heavy (non-hydrogen) atoms. The van der Waals surface area contributed by atoms with Crippen LogP contribution in [0, 0.1) is 17.3 Å². The molecule has 1 heterocycles. The molecule has 0 aromatic heterocycles. The van der Waals surface area contributed by atoms with Gasteiger partial charge in [-0.15, -0.1) is 0 Å². The highest BCUT2D eigenvalue weighted by Gasteiger charge is 2.50. The van der Waals surface area contributed by atoms with E-state index in [1.807, 2.05) is 0 Å². The number of carbonyl (C=O) groups is 2. The maximum Gasteiger partial charge on any atom is 0.317 e. The minimum Gasteiger partial charge on any atom is -0.481 e. The minimum atomic E-state index is -0.793. The number of hydrogen-bond acceptors (Lipinski definition) is 3. The lowest BCUT2D eigenvalue weighted by atomic mass is 9.64. The molecular weight excluding hydrogens is 260 g/mol. The standard InChI is InChI=1S/C14H24N2O4/c1-8(12(17)18)9-6-16(7-9)13(19)15-10-5-11(20-4)14(10,2)3/h8-11H,5-7H2,1-4H3,(H,15,19)(H,17,18). The summed E-state index contributed by atoms with van der Waals surface area (Å²) in [5.74, 6) is -1.12. The van der Waals surface area contributed by atoms with Crippen molar-refractivity contribution in [1.82, 2.24) is 10.2 Å². The van der Waals surface area contributed by atoms with Crippen LogP contribution in [0.25, 0.3) is 0 Å². The molecule has 1 aliphatic carbocycles. The molecule has 114 valence electrons. The predicted octanol–water partition coefficient (Wildman–Crippen LogP) is 1.16. The summed E-state index contributed by atoms with van der Waals surface area (Å²) in [6.07, 6.45) is 1.02. The van der Waals surface area contributed by atoms with Crippen LogP contribution >= 0.6 is 0 Å². The number of nitrogens with one attached hydrogen (secondary N) is 1. The monoisotopic (exact) mass is 284 g/mol. The van der Waals surface area contributed by atoms with Gasteiger partial charge in [0.25, 0.3) is 0 Å². The second-order valence-corrected chi connectivity index (χ2v) is 6.58. The highest BCUT2D eigenvalue weighted by atomic mass is 16.5. The Morgan fingerprint density at radius 1 is 1.40 bits per heavy atom. The summed E-state index contributed by atoms with van der Waals surface area (Å²) < 4.78 is 5.36. The van der Waals surface area contributed by atoms with Gasteiger partial charge in [0.15, 0.2) is 0 Å². The second-order valence-electron chi connectivity index (χ2n) is 6.58. The van der Waals surface area contributed by atoms with Gasteiger partial charge < -0.3 is 20.1 Å². The van der Waals surface area contributed by atoms with E-state index in [0.717, 1.165) is 6.42 Å². The fourth-order valence-electron chi connectivity index (χ4n) is 2.97. The summed E-state index contributed by atoms with van der Waals surface area (Å²) in [5.41, 5.74) is -0.0525. The zero-order chi connectivity index (χ0) is 15.1. The molecule has 2 fully saturated rings. The molecule has 6 heteroatoms. The van der Waals surface area contributed by atoms with Gasteiger partial charge in [0.2, 0.25) is 0 Å². The molecule has 0 radical (unpaired) electrons. The predicted molar refractivity (Wildman–Crippen MR) is 73.4 cm³/mol. The van der Waals surface area contributed by atoms with E-state index in [1.54, 1.807) is 18.9 Å². The molecule has 1 aliphatic heterocycles. The molecule has 2 aliphatic rings. The van der Waals surface area contributed by atoms with E-state index in [4.69, 9.17) is 9.84 Å². The first-order chi connectivity index (χ1) is 9.27. The van der Waals surface area contributed by atoms with Crippen LogP contribution in [0.3, 0.4) is 0 Å². The summed E-state index contributed by atoms with van der Waals surface area (Å²) >= 11 is 0. The summed E-state index contributed by atoms with van der Waals surface area (Å²) in [6, 6.07) is 0.0300. The van der Waals surface area contributed by atoms with Gasteiger partial charge in [-0.05, 0) is 6.42 Å². The van der Waals surface area contributed by atoms with Crippen molar-refractivity contribution < 1.29 is 19.4 Å². The van der Waals surface area contributed by atoms with E-state index in [1.165, 1.54) is 0 Å². The van der Waals surface area contributed by atoms with E-state index in [-0.39, 0.29) is 29.5 Å². The summed E-state index contributed by atoms with van der Waals surface area (Å²) in [7, 11) is 1.69. The molecule has 2 rings (SSSR count). The fraction of sp³-hybridized carbons (Fsp3) is 0.857. The number of likely N-dealkylation sites (tertiary alicyclic amines) is 1. The van der Waals surface area contributed by atoms with Crippen molar-refractivity contribution >= 4 is 12.0 Å². The molecule has 1 saturated heterocycles. The molecule has 0 aromatic rings. The molecule has 0 aromatic carbocycles. The number of nitrogens with zero attached hydrogens (tertiary/aromatic N) is 1. The molecule has 6 nitrogen and oxygen atoms in total. The van der Waals surface area contributed by atoms with Gasteiger partial charge in [0.1, 0.15) is 0 Å². The zero-order valence-corrected chi connectivity index (χ0v) is 12.5. The first kappa shape index (κ1) is 15.1. The van der Waals surface area contributed by atoms with Crippen molar-refractivity contribution in [2.45, 2.75) is 39.3 Å². The third-order valence-corrected chi connectivity index (χ3v) is 5.05. The number of methoxy groups -OCH3 is 1. The number of hydrogen-bond donors (Lipinski definition) is 2. The van der Waals surface area contributed by atoms with Crippen LogP contribution in [0.5, 0.6) is 0 Å². The number of ether oxygens (including phenoxy) is 1. The lowest BCUT2D eigenvalue weighted by molar-refractivity contribution is -0.144. The van der Waals surface area contributed by atoms with Crippen LogP contribution in [0.1, 0.15) is 27.2 Å². The lowest BCUT2D eigenvalue weighted by Gasteiger charge is -2.52. The van der Waals surface area contributed by atoms with Crippen molar-refractivity contribution in [2.75, 3.05) is 20.2 Å². The van der Waals surface area contributed by atoms with Crippen molar-refractivity contribution in [2.24, 2.45) is 17.3 Å². The van der Waals surface area contributed by atoms with Gasteiger partial charge >= 0.3 is 12.0 Å². The van der Waals surface area contributed by atoms with Gasteiger partial charge in [-0.25, -0.2) is 4.79 Å². The summed E-state index contributed by atoms with van der Waals surface area (Å²) in [5, 5.41) is 11.9. The Labute approximate surface area is 119 Å². The second kappa shape index (κ2) is 5.24. The van der Waals surface area contributed by atoms with E-state index in [0.29, 0.717) is 13.1 Å². The molecular formula is C14H24N2O4. The Morgan fingerprint density at radius 3 is 2.45 bits per heavy atom. The molecule has 3 unspecified atom stereocenters. The maximum atomic E-state index is 12.1. The number of carboxylic acids is 1. The van der Waals surface area contributed by atoms with Crippen LogP contribution in [0.15, 0.2) is 0 Å². The Kier molecular flexibility index (Phi) is 3.95. The van der Waals surface area contributed by atoms with E-state index in [9.17, 15) is 9.59 Å². The van der Waals surface area contributed by atoms with E-state index < -0.39 is 11.9 Å². The number of amides is 2. The van der Waals surface area contributed by atoms with E-state index >= 15 is 0 Å². The molecule has 1 saturated carbocycles. The fourth-order valence-corrected chi connectivity index (χ4v) is 2.97. The van der Waals surface area contributed by atoms with Gasteiger partial charge in [0, 0.05) is 37.6 Å². The highest BCUT2D eigenvalue weighted by molar-refractivity contribution is 5.76. The number of rotatable bonds is 4. The van der Waals surface area contributed by atoms with Crippen LogP contribution in [0.4, 0.5) is 4.79 Å². The Balaban J connectivity index is 1.77. The van der Waals surface area contributed by atoms with Crippen molar-refractivity contribution in [1.29, 1.82) is 0 Å². The van der Waals surface area contributed by atoms with E-state index in [2.05, 4.69) is 19.2 Å². The Hall–Kier alpha value is -1.30. The normalized spacial score (nSPS) is 30.1. The quantitative estimate of drug-likeness (QED) is 0.812.